The second-order valence-corrected chi connectivity index (χ2v) is 6.51. The van der Waals surface area contributed by atoms with Crippen LogP contribution < -0.4 is 5.32 Å². The Kier molecular flexibility index (Phi) is 5.19. The number of aromatic nitrogens is 1. The van der Waals surface area contributed by atoms with Gasteiger partial charge in [-0.05, 0) is 31.6 Å². The highest BCUT2D eigenvalue weighted by molar-refractivity contribution is 6.04. The van der Waals surface area contributed by atoms with E-state index in [0.717, 1.165) is 23.0 Å². The van der Waals surface area contributed by atoms with Crippen molar-refractivity contribution < 1.29 is 4.79 Å². The van der Waals surface area contributed by atoms with Crippen LogP contribution in [0, 0.1) is 11.3 Å². The van der Waals surface area contributed by atoms with Gasteiger partial charge in [-0.15, -0.1) is 0 Å². The molecule has 0 aliphatic rings. The average molecular weight is 343 g/mol. The molecule has 1 N–H and O–H groups in total. The van der Waals surface area contributed by atoms with Crippen molar-refractivity contribution in [1.82, 2.24) is 9.88 Å². The molecule has 0 aliphatic heterocycles. The molecule has 0 aliphatic carbocycles. The number of carbonyl (C=O) groups is 1. The molecule has 0 spiro atoms. The molecule has 130 valence electrons. The smallest absolute Gasteiger partial charge is 0.262 e. The van der Waals surface area contributed by atoms with Crippen LogP contribution >= 0.6 is 0 Å². The van der Waals surface area contributed by atoms with Crippen molar-refractivity contribution in [3.05, 3.63) is 77.5 Å². The largest absolute Gasteiger partial charge is 0.349 e. The number of hydrogen-bond donors (Lipinski definition) is 1. The zero-order valence-electron chi connectivity index (χ0n) is 14.9. The number of carbonyl (C=O) groups excluding carboxylic acids is 1. The lowest BCUT2D eigenvalue weighted by Crippen LogP contribution is -2.30. The van der Waals surface area contributed by atoms with Gasteiger partial charge in [-0.2, -0.15) is 5.26 Å². The van der Waals surface area contributed by atoms with Crippen LogP contribution in [0.5, 0.6) is 0 Å². The van der Waals surface area contributed by atoms with E-state index in [1.807, 2.05) is 62.5 Å². The molecule has 3 aromatic rings. The van der Waals surface area contributed by atoms with Gasteiger partial charge in [0.25, 0.3) is 5.91 Å². The predicted octanol–water partition coefficient (Wildman–Crippen LogP) is 4.12. The molecule has 26 heavy (non-hydrogen) atoms. The van der Waals surface area contributed by atoms with E-state index >= 15 is 0 Å². The Morgan fingerprint density at radius 3 is 2.54 bits per heavy atom. The number of fused-ring (bicyclic) bond motifs is 1. The standard InChI is InChI=1S/C22H21N3O/c1-16(2)24-22(26)18(13-23)12-19-15-25(14-17-8-4-3-5-9-17)21-11-7-6-10-20(19)21/h3-12,15-16H,14H2,1-2H3,(H,24,26)/b18-12-. The molecule has 1 heterocycles. The highest BCUT2D eigenvalue weighted by atomic mass is 16.1. The Morgan fingerprint density at radius 2 is 1.85 bits per heavy atom. The van der Waals surface area contributed by atoms with E-state index in [-0.39, 0.29) is 17.5 Å². The first kappa shape index (κ1) is 17.5. The van der Waals surface area contributed by atoms with Crippen LogP contribution in [-0.2, 0) is 11.3 Å². The van der Waals surface area contributed by atoms with Crippen LogP contribution in [-0.4, -0.2) is 16.5 Å². The molecule has 0 atom stereocenters. The highest BCUT2D eigenvalue weighted by Crippen LogP contribution is 2.24. The van der Waals surface area contributed by atoms with Gasteiger partial charge in [0.05, 0.1) is 0 Å². The summed E-state index contributed by atoms with van der Waals surface area (Å²) < 4.78 is 2.14. The fraction of sp³-hybridized carbons (Fsp3) is 0.182. The van der Waals surface area contributed by atoms with Crippen LogP contribution in [0.4, 0.5) is 0 Å². The molecule has 0 radical (unpaired) electrons. The van der Waals surface area contributed by atoms with E-state index in [2.05, 4.69) is 28.1 Å². The second-order valence-electron chi connectivity index (χ2n) is 6.51. The van der Waals surface area contributed by atoms with Crippen molar-refractivity contribution in [3.63, 3.8) is 0 Å². The van der Waals surface area contributed by atoms with E-state index in [1.165, 1.54) is 5.56 Å². The molecule has 0 unspecified atom stereocenters. The minimum Gasteiger partial charge on any atom is -0.349 e. The molecule has 0 saturated carbocycles. The van der Waals surface area contributed by atoms with Crippen LogP contribution in [0.25, 0.3) is 17.0 Å². The number of nitrogens with one attached hydrogen (secondary N) is 1. The third-order valence-corrected chi connectivity index (χ3v) is 4.10. The molecule has 1 amide bonds. The summed E-state index contributed by atoms with van der Waals surface area (Å²) in [7, 11) is 0. The van der Waals surface area contributed by atoms with Crippen LogP contribution in [0.15, 0.2) is 66.4 Å². The lowest BCUT2D eigenvalue weighted by Gasteiger charge is -2.06. The van der Waals surface area contributed by atoms with Crippen molar-refractivity contribution in [3.8, 4) is 6.07 Å². The molecular formula is C22H21N3O. The Labute approximate surface area is 153 Å². The number of amides is 1. The van der Waals surface area contributed by atoms with E-state index in [4.69, 9.17) is 0 Å². The minimum absolute atomic E-state index is 0.0151. The van der Waals surface area contributed by atoms with Crippen LogP contribution in [0.1, 0.15) is 25.0 Å². The summed E-state index contributed by atoms with van der Waals surface area (Å²) >= 11 is 0. The lowest BCUT2D eigenvalue weighted by atomic mass is 10.1. The zero-order chi connectivity index (χ0) is 18.5. The Bertz CT molecular complexity index is 991. The monoisotopic (exact) mass is 343 g/mol. The van der Waals surface area contributed by atoms with Gasteiger partial charge < -0.3 is 9.88 Å². The highest BCUT2D eigenvalue weighted by Gasteiger charge is 2.13. The van der Waals surface area contributed by atoms with Gasteiger partial charge in [-0.3, -0.25) is 4.79 Å². The summed E-state index contributed by atoms with van der Waals surface area (Å²) in [6.07, 6.45) is 3.67. The minimum atomic E-state index is -0.345. The number of rotatable bonds is 5. The van der Waals surface area contributed by atoms with Crippen molar-refractivity contribution in [2.75, 3.05) is 0 Å². The quantitative estimate of drug-likeness (QED) is 0.559. The summed E-state index contributed by atoms with van der Waals surface area (Å²) in [5, 5.41) is 13.2. The summed E-state index contributed by atoms with van der Waals surface area (Å²) in [6.45, 7) is 4.48. The number of nitriles is 1. The molecule has 4 nitrogen and oxygen atoms in total. The number of hydrogen-bond acceptors (Lipinski definition) is 2. The van der Waals surface area contributed by atoms with Crippen molar-refractivity contribution >= 4 is 22.9 Å². The number of benzene rings is 2. The van der Waals surface area contributed by atoms with Gasteiger partial charge in [0, 0.05) is 35.2 Å². The van der Waals surface area contributed by atoms with Gasteiger partial charge in [0.2, 0.25) is 0 Å². The lowest BCUT2D eigenvalue weighted by molar-refractivity contribution is -0.117. The number of para-hydroxylation sites is 1. The molecule has 4 heteroatoms. The zero-order valence-corrected chi connectivity index (χ0v) is 14.9. The Balaban J connectivity index is 2.03. The summed E-state index contributed by atoms with van der Waals surface area (Å²) in [5.74, 6) is -0.345. The van der Waals surface area contributed by atoms with E-state index in [0.29, 0.717) is 0 Å². The van der Waals surface area contributed by atoms with Gasteiger partial charge in [0.1, 0.15) is 11.6 Å². The fourth-order valence-corrected chi connectivity index (χ4v) is 2.95. The maximum Gasteiger partial charge on any atom is 0.262 e. The first-order valence-corrected chi connectivity index (χ1v) is 8.63. The molecule has 3 rings (SSSR count). The topological polar surface area (TPSA) is 57.8 Å². The van der Waals surface area contributed by atoms with Crippen LogP contribution in [0.2, 0.25) is 0 Å². The molecule has 0 fully saturated rings. The van der Waals surface area contributed by atoms with Gasteiger partial charge in [0.15, 0.2) is 0 Å². The third kappa shape index (κ3) is 3.84. The van der Waals surface area contributed by atoms with Crippen molar-refractivity contribution in [1.29, 1.82) is 5.26 Å². The van der Waals surface area contributed by atoms with Gasteiger partial charge in [-0.25, -0.2) is 0 Å². The fourth-order valence-electron chi connectivity index (χ4n) is 2.95. The molecule has 0 bridgehead atoms. The SMILES string of the molecule is CC(C)NC(=O)/C(C#N)=C\c1cn(Cc2ccccc2)c2ccccc12. The first-order valence-electron chi connectivity index (χ1n) is 8.63. The summed E-state index contributed by atoms with van der Waals surface area (Å²) in [5.41, 5.74) is 3.25. The average Bonchev–Trinajstić information content (AvgIpc) is 2.97. The maximum atomic E-state index is 12.2. The maximum absolute atomic E-state index is 12.2. The van der Waals surface area contributed by atoms with E-state index in [9.17, 15) is 10.1 Å². The number of nitrogens with zero attached hydrogens (tertiary/aromatic N) is 2. The Hall–Kier alpha value is -3.32. The molecule has 0 saturated heterocycles. The third-order valence-electron chi connectivity index (χ3n) is 4.10. The Morgan fingerprint density at radius 1 is 1.15 bits per heavy atom. The van der Waals surface area contributed by atoms with Gasteiger partial charge >= 0.3 is 0 Å². The molecule has 2 aromatic carbocycles. The molecule has 1 aromatic heterocycles. The van der Waals surface area contributed by atoms with E-state index in [1.54, 1.807) is 6.08 Å². The summed E-state index contributed by atoms with van der Waals surface area (Å²) in [4.78, 5) is 12.2. The second kappa shape index (κ2) is 7.71. The van der Waals surface area contributed by atoms with Gasteiger partial charge in [-0.1, -0.05) is 48.5 Å². The first-order chi connectivity index (χ1) is 12.6. The van der Waals surface area contributed by atoms with Crippen LogP contribution in [0.3, 0.4) is 0 Å². The van der Waals surface area contributed by atoms with Crippen molar-refractivity contribution in [2.45, 2.75) is 26.4 Å². The molecular weight excluding hydrogens is 322 g/mol. The van der Waals surface area contributed by atoms with Crippen molar-refractivity contribution in [2.24, 2.45) is 0 Å². The predicted molar refractivity (Wildman–Crippen MR) is 104 cm³/mol. The summed E-state index contributed by atoms with van der Waals surface area (Å²) in [6, 6.07) is 20.2. The normalized spacial score (nSPS) is 11.5. The van der Waals surface area contributed by atoms with E-state index < -0.39 is 0 Å².